The number of aromatic nitrogens is 2. The Morgan fingerprint density at radius 3 is 2.71 bits per heavy atom. The van der Waals surface area contributed by atoms with Gasteiger partial charge < -0.3 is 14.8 Å². The lowest BCUT2D eigenvalue weighted by molar-refractivity contribution is 0.0842. The van der Waals surface area contributed by atoms with Gasteiger partial charge in [-0.25, -0.2) is 4.68 Å². The molecule has 0 amide bonds. The van der Waals surface area contributed by atoms with Crippen molar-refractivity contribution in [1.29, 1.82) is 0 Å². The fraction of sp³-hybridized carbons (Fsp3) is 0.389. The zero-order valence-corrected chi connectivity index (χ0v) is 14.3. The summed E-state index contributed by atoms with van der Waals surface area (Å²) in [4.78, 5) is 0. The molecule has 1 aromatic carbocycles. The lowest BCUT2D eigenvalue weighted by Gasteiger charge is -2.21. The number of methoxy groups -OCH3 is 1. The van der Waals surface area contributed by atoms with Crippen LogP contribution in [0, 0.1) is 0 Å². The number of nitrogens with zero attached hydrogens (tertiary/aromatic N) is 2. The standard InChI is InChI=1S/C18H20ClN3O2/c1-23-17-10-15-16(11-20-17)22(14-4-2-13(19)3-5-14)21-18(15)12-6-8-24-9-7-12/h2-5,10-12,17,20H,6-9H2,1H3. The largest absolute Gasteiger partial charge is 0.381 e. The lowest BCUT2D eigenvalue weighted by Crippen LogP contribution is -2.42. The van der Waals surface area contributed by atoms with Crippen molar-refractivity contribution in [2.75, 3.05) is 20.3 Å². The van der Waals surface area contributed by atoms with Crippen molar-refractivity contribution >= 4 is 23.9 Å². The van der Waals surface area contributed by atoms with E-state index in [1.165, 1.54) is 0 Å². The minimum atomic E-state index is -0.126. The SMILES string of the molecule is COC1C=c2c(C3CCOCC3)nn(-c3ccc(Cl)cc3)c2=CN1. The number of benzene rings is 1. The Bertz CT molecular complexity index is 838. The molecule has 0 saturated carbocycles. The Morgan fingerprint density at radius 1 is 1.25 bits per heavy atom. The Labute approximate surface area is 145 Å². The number of rotatable bonds is 3. The van der Waals surface area contributed by atoms with Crippen molar-refractivity contribution in [2.45, 2.75) is 25.0 Å². The molecule has 24 heavy (non-hydrogen) atoms. The van der Waals surface area contributed by atoms with Crippen LogP contribution in [0.1, 0.15) is 24.5 Å². The van der Waals surface area contributed by atoms with E-state index < -0.39 is 0 Å². The number of ether oxygens (including phenoxy) is 2. The number of nitrogens with one attached hydrogen (secondary N) is 1. The molecule has 1 unspecified atom stereocenters. The highest BCUT2D eigenvalue weighted by molar-refractivity contribution is 6.30. The summed E-state index contributed by atoms with van der Waals surface area (Å²) in [7, 11) is 1.70. The van der Waals surface area contributed by atoms with E-state index in [1.54, 1.807) is 7.11 Å². The lowest BCUT2D eigenvalue weighted by atomic mass is 9.95. The van der Waals surface area contributed by atoms with Crippen LogP contribution in [-0.4, -0.2) is 36.3 Å². The fourth-order valence-corrected chi connectivity index (χ4v) is 3.44. The maximum absolute atomic E-state index is 6.02. The highest BCUT2D eigenvalue weighted by atomic mass is 35.5. The topological polar surface area (TPSA) is 48.3 Å². The van der Waals surface area contributed by atoms with Crippen LogP contribution in [0.3, 0.4) is 0 Å². The van der Waals surface area contributed by atoms with Crippen molar-refractivity contribution in [3.8, 4) is 5.69 Å². The first-order chi connectivity index (χ1) is 11.8. The molecule has 3 heterocycles. The zero-order chi connectivity index (χ0) is 16.5. The third kappa shape index (κ3) is 2.83. The first kappa shape index (κ1) is 15.7. The van der Waals surface area contributed by atoms with Crippen molar-refractivity contribution in [3.05, 3.63) is 45.5 Å². The smallest absolute Gasteiger partial charge is 0.147 e. The van der Waals surface area contributed by atoms with Gasteiger partial charge in [-0.1, -0.05) is 11.6 Å². The van der Waals surface area contributed by atoms with E-state index in [2.05, 4.69) is 11.4 Å². The number of halogens is 1. The molecule has 4 rings (SSSR count). The summed E-state index contributed by atoms with van der Waals surface area (Å²) in [6.45, 7) is 1.59. The molecule has 1 N–H and O–H groups in total. The molecule has 1 atom stereocenters. The molecule has 1 aromatic heterocycles. The number of hydrogen-bond acceptors (Lipinski definition) is 4. The highest BCUT2D eigenvalue weighted by Gasteiger charge is 2.23. The summed E-state index contributed by atoms with van der Waals surface area (Å²) in [5.74, 6) is 0.418. The molecule has 0 bridgehead atoms. The Morgan fingerprint density at radius 2 is 2.00 bits per heavy atom. The summed E-state index contributed by atoms with van der Waals surface area (Å²) in [5.41, 5.74) is 2.12. The summed E-state index contributed by atoms with van der Waals surface area (Å²) in [6.07, 6.45) is 5.97. The molecule has 0 radical (unpaired) electrons. The Hall–Kier alpha value is -1.82. The molecular formula is C18H20ClN3O2. The van der Waals surface area contributed by atoms with Crippen LogP contribution in [0.25, 0.3) is 18.0 Å². The average Bonchev–Trinajstić information content (AvgIpc) is 3.02. The zero-order valence-electron chi connectivity index (χ0n) is 13.5. The van der Waals surface area contributed by atoms with E-state index in [0.717, 1.165) is 53.0 Å². The molecule has 5 nitrogen and oxygen atoms in total. The van der Waals surface area contributed by atoms with Gasteiger partial charge in [0.15, 0.2) is 0 Å². The molecule has 2 aliphatic heterocycles. The average molecular weight is 346 g/mol. The van der Waals surface area contributed by atoms with Crippen LogP contribution >= 0.6 is 11.6 Å². The van der Waals surface area contributed by atoms with E-state index in [0.29, 0.717) is 5.92 Å². The van der Waals surface area contributed by atoms with Crippen LogP contribution in [0.15, 0.2) is 24.3 Å². The third-order valence-electron chi connectivity index (χ3n) is 4.62. The van der Waals surface area contributed by atoms with Gasteiger partial charge in [0.1, 0.15) is 6.23 Å². The van der Waals surface area contributed by atoms with Crippen molar-refractivity contribution in [2.24, 2.45) is 0 Å². The van der Waals surface area contributed by atoms with E-state index in [-0.39, 0.29) is 6.23 Å². The minimum absolute atomic E-state index is 0.126. The van der Waals surface area contributed by atoms with Gasteiger partial charge in [-0.15, -0.1) is 0 Å². The van der Waals surface area contributed by atoms with Crippen LogP contribution in [0.2, 0.25) is 5.02 Å². The van der Waals surface area contributed by atoms with Crippen molar-refractivity contribution < 1.29 is 9.47 Å². The summed E-state index contributed by atoms with van der Waals surface area (Å²) in [6, 6.07) is 7.74. The summed E-state index contributed by atoms with van der Waals surface area (Å²) < 4.78 is 12.9. The molecular weight excluding hydrogens is 326 g/mol. The van der Waals surface area contributed by atoms with E-state index in [1.807, 2.05) is 35.1 Å². The second-order valence-corrected chi connectivity index (χ2v) is 6.53. The maximum Gasteiger partial charge on any atom is 0.147 e. The van der Waals surface area contributed by atoms with Crippen LogP contribution in [0.4, 0.5) is 0 Å². The molecule has 6 heteroatoms. The molecule has 126 valence electrons. The second kappa shape index (κ2) is 6.59. The van der Waals surface area contributed by atoms with Crippen molar-refractivity contribution in [3.63, 3.8) is 0 Å². The van der Waals surface area contributed by atoms with Gasteiger partial charge in [0, 0.05) is 42.7 Å². The molecule has 0 spiro atoms. The highest BCUT2D eigenvalue weighted by Crippen LogP contribution is 2.23. The third-order valence-corrected chi connectivity index (χ3v) is 4.88. The molecule has 2 aliphatic rings. The summed E-state index contributed by atoms with van der Waals surface area (Å²) in [5, 5.41) is 11.1. The Balaban J connectivity index is 1.87. The van der Waals surface area contributed by atoms with E-state index >= 15 is 0 Å². The van der Waals surface area contributed by atoms with Crippen LogP contribution in [0.5, 0.6) is 0 Å². The maximum atomic E-state index is 6.02. The normalized spacial score (nSPS) is 20.7. The molecule has 2 aromatic rings. The molecule has 1 fully saturated rings. The molecule has 0 aliphatic carbocycles. The van der Waals surface area contributed by atoms with Gasteiger partial charge >= 0.3 is 0 Å². The predicted octanol–water partition coefficient (Wildman–Crippen LogP) is 1.51. The number of hydrogen-bond donors (Lipinski definition) is 1. The van der Waals surface area contributed by atoms with E-state index in [9.17, 15) is 0 Å². The van der Waals surface area contributed by atoms with Gasteiger partial charge in [-0.3, -0.25) is 0 Å². The van der Waals surface area contributed by atoms with Crippen LogP contribution in [-0.2, 0) is 9.47 Å². The Kier molecular flexibility index (Phi) is 4.31. The van der Waals surface area contributed by atoms with Gasteiger partial charge in [0.2, 0.25) is 0 Å². The predicted molar refractivity (Wildman–Crippen MR) is 93.5 cm³/mol. The van der Waals surface area contributed by atoms with Crippen molar-refractivity contribution in [1.82, 2.24) is 15.1 Å². The quantitative estimate of drug-likeness (QED) is 0.916. The van der Waals surface area contributed by atoms with Gasteiger partial charge in [-0.2, -0.15) is 5.10 Å². The van der Waals surface area contributed by atoms with E-state index in [4.69, 9.17) is 26.2 Å². The van der Waals surface area contributed by atoms with Gasteiger partial charge in [0.05, 0.1) is 16.7 Å². The van der Waals surface area contributed by atoms with Crippen LogP contribution < -0.4 is 15.9 Å². The number of fused-ring (bicyclic) bond motifs is 1. The first-order valence-electron chi connectivity index (χ1n) is 8.20. The van der Waals surface area contributed by atoms with Gasteiger partial charge in [-0.05, 0) is 43.2 Å². The monoisotopic (exact) mass is 345 g/mol. The fourth-order valence-electron chi connectivity index (χ4n) is 3.32. The van der Waals surface area contributed by atoms with Gasteiger partial charge in [0.25, 0.3) is 0 Å². The summed E-state index contributed by atoms with van der Waals surface area (Å²) >= 11 is 6.02. The second-order valence-electron chi connectivity index (χ2n) is 6.09. The first-order valence-corrected chi connectivity index (χ1v) is 8.57. The molecule has 1 saturated heterocycles. The minimum Gasteiger partial charge on any atom is -0.381 e.